The van der Waals surface area contributed by atoms with Crippen LogP contribution in [0.3, 0.4) is 0 Å². The Morgan fingerprint density at radius 2 is 1.86 bits per heavy atom. The first-order valence-corrected chi connectivity index (χ1v) is 8.43. The van der Waals surface area contributed by atoms with Crippen molar-refractivity contribution < 1.29 is 4.79 Å². The van der Waals surface area contributed by atoms with E-state index in [0.29, 0.717) is 0 Å². The molecular weight excluding hydrogens is 326 g/mol. The predicted molar refractivity (Wildman–Crippen MR) is 93.6 cm³/mol. The molecule has 3 heteroatoms. The third-order valence-electron chi connectivity index (χ3n) is 3.84. The van der Waals surface area contributed by atoms with Crippen LogP contribution in [0.4, 0.5) is 5.69 Å². The molecule has 0 aliphatic heterocycles. The maximum absolute atomic E-state index is 12.3. The second-order valence-corrected chi connectivity index (χ2v) is 6.36. The predicted octanol–water partition coefficient (Wildman–Crippen LogP) is 5.76. The normalized spacial score (nSPS) is 12.3. The van der Waals surface area contributed by atoms with E-state index in [4.69, 9.17) is 0 Å². The minimum atomic E-state index is 0.116. The van der Waals surface area contributed by atoms with Crippen molar-refractivity contribution in [1.82, 2.24) is 0 Å². The Morgan fingerprint density at radius 3 is 2.57 bits per heavy atom. The summed E-state index contributed by atoms with van der Waals surface area (Å²) in [6.07, 6.45) is 4.11. The van der Waals surface area contributed by atoms with Crippen LogP contribution in [0.15, 0.2) is 40.9 Å². The molecule has 0 aromatic heterocycles. The highest BCUT2D eigenvalue weighted by Crippen LogP contribution is 2.24. The Labute approximate surface area is 135 Å². The van der Waals surface area contributed by atoms with E-state index in [9.17, 15) is 4.79 Å². The van der Waals surface area contributed by atoms with E-state index in [1.165, 1.54) is 5.39 Å². The highest BCUT2D eigenvalue weighted by molar-refractivity contribution is 9.10. The number of unbranched alkanes of at least 4 members (excludes halogenated alkanes) is 1. The molecule has 0 aliphatic rings. The molecule has 0 radical (unpaired) electrons. The van der Waals surface area contributed by atoms with E-state index in [-0.39, 0.29) is 11.8 Å². The molecule has 1 atom stereocenters. The molecule has 0 fully saturated rings. The highest BCUT2D eigenvalue weighted by Gasteiger charge is 2.15. The van der Waals surface area contributed by atoms with Crippen LogP contribution < -0.4 is 5.32 Å². The van der Waals surface area contributed by atoms with Crippen LogP contribution in [-0.2, 0) is 4.79 Å². The number of carbonyl (C=O) groups is 1. The molecule has 2 aromatic carbocycles. The van der Waals surface area contributed by atoms with Gasteiger partial charge < -0.3 is 5.32 Å². The molecule has 1 N–H and O–H groups in total. The van der Waals surface area contributed by atoms with Crippen LogP contribution >= 0.6 is 15.9 Å². The molecule has 0 heterocycles. The Kier molecular flexibility index (Phi) is 5.80. The number of nitrogens with one attached hydrogen (secondary N) is 1. The van der Waals surface area contributed by atoms with Gasteiger partial charge in [-0.3, -0.25) is 4.79 Å². The number of halogens is 1. The van der Waals surface area contributed by atoms with Gasteiger partial charge >= 0.3 is 0 Å². The number of fused-ring (bicyclic) bond motifs is 1. The fourth-order valence-corrected chi connectivity index (χ4v) is 2.89. The summed E-state index contributed by atoms with van der Waals surface area (Å²) in [4.78, 5) is 12.3. The fourth-order valence-electron chi connectivity index (χ4n) is 2.51. The van der Waals surface area contributed by atoms with Crippen LogP contribution in [0.5, 0.6) is 0 Å². The zero-order valence-electron chi connectivity index (χ0n) is 12.7. The van der Waals surface area contributed by atoms with Gasteiger partial charge in [0.25, 0.3) is 0 Å². The van der Waals surface area contributed by atoms with Crippen molar-refractivity contribution >= 4 is 38.3 Å². The lowest BCUT2D eigenvalue weighted by Gasteiger charge is -2.15. The number of hydrogen-bond acceptors (Lipinski definition) is 1. The average Bonchev–Trinajstić information content (AvgIpc) is 2.48. The molecule has 0 saturated heterocycles. The molecule has 21 heavy (non-hydrogen) atoms. The summed E-state index contributed by atoms with van der Waals surface area (Å²) in [6.45, 7) is 4.24. The maximum Gasteiger partial charge on any atom is 0.227 e. The highest BCUT2D eigenvalue weighted by atomic mass is 79.9. The standard InChI is InChI=1S/C18H22BrNO/c1-3-5-6-13(4-2)18(21)20-17-10-8-14-11-16(19)9-7-15(14)12-17/h7-13H,3-6H2,1-2H3,(H,20,21). The third-order valence-corrected chi connectivity index (χ3v) is 4.33. The molecule has 0 aliphatic carbocycles. The average molecular weight is 348 g/mol. The molecule has 112 valence electrons. The van der Waals surface area contributed by atoms with Gasteiger partial charge in [-0.25, -0.2) is 0 Å². The van der Waals surface area contributed by atoms with Crippen LogP contribution in [0.1, 0.15) is 39.5 Å². The molecule has 0 spiro atoms. The maximum atomic E-state index is 12.3. The first-order valence-electron chi connectivity index (χ1n) is 7.64. The number of amides is 1. The molecule has 1 unspecified atom stereocenters. The van der Waals surface area contributed by atoms with Crippen molar-refractivity contribution in [2.24, 2.45) is 5.92 Å². The van der Waals surface area contributed by atoms with Crippen LogP contribution in [0.2, 0.25) is 0 Å². The minimum Gasteiger partial charge on any atom is -0.326 e. The molecule has 1 amide bonds. The van der Waals surface area contributed by atoms with Crippen molar-refractivity contribution in [3.8, 4) is 0 Å². The Bertz CT molecular complexity index is 624. The third kappa shape index (κ3) is 4.31. The Balaban J connectivity index is 2.11. The van der Waals surface area contributed by atoms with Gasteiger partial charge in [0.15, 0.2) is 0 Å². The van der Waals surface area contributed by atoms with Gasteiger partial charge in [-0.1, -0.05) is 54.8 Å². The quantitative estimate of drug-likeness (QED) is 0.707. The van der Waals surface area contributed by atoms with Crippen LogP contribution in [-0.4, -0.2) is 5.91 Å². The second kappa shape index (κ2) is 7.60. The summed E-state index contributed by atoms with van der Waals surface area (Å²) >= 11 is 3.47. The Hall–Kier alpha value is -1.35. The number of anilines is 1. The fraction of sp³-hybridized carbons (Fsp3) is 0.389. The van der Waals surface area contributed by atoms with Gasteiger partial charge in [-0.05, 0) is 47.9 Å². The molecule has 2 nitrogen and oxygen atoms in total. The van der Waals surface area contributed by atoms with Crippen LogP contribution in [0, 0.1) is 5.92 Å². The summed E-state index contributed by atoms with van der Waals surface area (Å²) < 4.78 is 1.07. The van der Waals surface area contributed by atoms with Crippen molar-refractivity contribution in [2.75, 3.05) is 5.32 Å². The van der Waals surface area contributed by atoms with Gasteiger partial charge in [-0.15, -0.1) is 0 Å². The summed E-state index contributed by atoms with van der Waals surface area (Å²) in [6, 6.07) is 12.2. The van der Waals surface area contributed by atoms with E-state index in [1.54, 1.807) is 0 Å². The monoisotopic (exact) mass is 347 g/mol. The van der Waals surface area contributed by atoms with E-state index in [2.05, 4.69) is 47.2 Å². The first kappa shape index (κ1) is 16.0. The zero-order valence-corrected chi connectivity index (χ0v) is 14.2. The SMILES string of the molecule is CCCCC(CC)C(=O)Nc1ccc2cc(Br)ccc2c1. The number of rotatable bonds is 6. The summed E-state index contributed by atoms with van der Waals surface area (Å²) in [7, 11) is 0. The molecular formula is C18H22BrNO. The lowest BCUT2D eigenvalue weighted by atomic mass is 9.98. The van der Waals surface area contributed by atoms with Gasteiger partial charge in [0.1, 0.15) is 0 Å². The van der Waals surface area contributed by atoms with Crippen LogP contribution in [0.25, 0.3) is 10.8 Å². The van der Waals surface area contributed by atoms with Gasteiger partial charge in [0.2, 0.25) is 5.91 Å². The number of carbonyl (C=O) groups excluding carboxylic acids is 1. The second-order valence-electron chi connectivity index (χ2n) is 5.44. The molecule has 0 saturated carbocycles. The molecule has 2 rings (SSSR count). The summed E-state index contributed by atoms with van der Waals surface area (Å²) in [5.74, 6) is 0.257. The minimum absolute atomic E-state index is 0.116. The zero-order chi connectivity index (χ0) is 15.2. The number of benzene rings is 2. The van der Waals surface area contributed by atoms with E-state index < -0.39 is 0 Å². The lowest BCUT2D eigenvalue weighted by molar-refractivity contribution is -0.120. The molecule has 2 aromatic rings. The summed E-state index contributed by atoms with van der Waals surface area (Å²) in [5.41, 5.74) is 0.879. The van der Waals surface area contributed by atoms with E-state index in [1.807, 2.05) is 24.3 Å². The van der Waals surface area contributed by atoms with Crippen molar-refractivity contribution in [2.45, 2.75) is 39.5 Å². The largest absolute Gasteiger partial charge is 0.326 e. The summed E-state index contributed by atoms with van der Waals surface area (Å²) in [5, 5.41) is 5.36. The van der Waals surface area contributed by atoms with E-state index >= 15 is 0 Å². The smallest absolute Gasteiger partial charge is 0.227 e. The van der Waals surface area contributed by atoms with Crippen molar-refractivity contribution in [3.05, 3.63) is 40.9 Å². The molecule has 0 bridgehead atoms. The number of hydrogen-bond donors (Lipinski definition) is 1. The van der Waals surface area contributed by atoms with Crippen molar-refractivity contribution in [3.63, 3.8) is 0 Å². The Morgan fingerprint density at radius 1 is 1.14 bits per heavy atom. The van der Waals surface area contributed by atoms with Gasteiger partial charge in [0, 0.05) is 16.1 Å². The van der Waals surface area contributed by atoms with Crippen molar-refractivity contribution in [1.29, 1.82) is 0 Å². The first-order chi connectivity index (χ1) is 10.1. The lowest BCUT2D eigenvalue weighted by Crippen LogP contribution is -2.22. The van der Waals surface area contributed by atoms with Gasteiger partial charge in [-0.2, -0.15) is 0 Å². The topological polar surface area (TPSA) is 29.1 Å². The van der Waals surface area contributed by atoms with E-state index in [0.717, 1.165) is 41.2 Å². The van der Waals surface area contributed by atoms with Gasteiger partial charge in [0.05, 0.1) is 0 Å².